The molecule has 1 aliphatic heterocycles. The van der Waals surface area contributed by atoms with E-state index in [1.807, 2.05) is 17.0 Å². The fourth-order valence-corrected chi connectivity index (χ4v) is 2.50. The second kappa shape index (κ2) is 6.99. The first-order valence-corrected chi connectivity index (χ1v) is 7.60. The van der Waals surface area contributed by atoms with Crippen LogP contribution in [-0.2, 0) is 4.79 Å². The first-order valence-electron chi connectivity index (χ1n) is 7.60. The number of amides is 1. The number of hydrogen-bond donors (Lipinski definition) is 0. The molecule has 3 heterocycles. The van der Waals surface area contributed by atoms with Gasteiger partial charge in [0.15, 0.2) is 11.6 Å². The van der Waals surface area contributed by atoms with Crippen LogP contribution in [0.25, 0.3) is 5.82 Å². The first-order chi connectivity index (χ1) is 11.3. The van der Waals surface area contributed by atoms with Gasteiger partial charge in [0.25, 0.3) is 0 Å². The van der Waals surface area contributed by atoms with Gasteiger partial charge < -0.3 is 9.80 Å². The Morgan fingerprint density at radius 3 is 2.52 bits per heavy atom. The quantitative estimate of drug-likeness (QED) is 0.755. The molecular weight excluding hydrogens is 294 g/mol. The largest absolute Gasteiger partial charge is 0.352 e. The summed E-state index contributed by atoms with van der Waals surface area (Å²) in [4.78, 5) is 19.9. The molecular formula is C15H19N7O. The summed E-state index contributed by atoms with van der Waals surface area (Å²) in [6.07, 6.45) is 6.08. The second-order valence-corrected chi connectivity index (χ2v) is 5.28. The molecule has 2 aromatic heterocycles. The zero-order valence-electron chi connectivity index (χ0n) is 12.9. The monoisotopic (exact) mass is 313 g/mol. The summed E-state index contributed by atoms with van der Waals surface area (Å²) in [5.74, 6) is 1.63. The van der Waals surface area contributed by atoms with Crippen molar-refractivity contribution in [3.05, 3.63) is 37.4 Å². The van der Waals surface area contributed by atoms with Crippen LogP contribution >= 0.6 is 0 Å². The fraction of sp³-hybridized carbons (Fsp3) is 0.400. The van der Waals surface area contributed by atoms with Crippen LogP contribution in [0.15, 0.2) is 37.4 Å². The highest BCUT2D eigenvalue weighted by Gasteiger charge is 2.21. The van der Waals surface area contributed by atoms with Crippen molar-refractivity contribution in [3.63, 3.8) is 0 Å². The third-order valence-electron chi connectivity index (χ3n) is 3.81. The Morgan fingerprint density at radius 1 is 1.17 bits per heavy atom. The molecule has 2 aromatic rings. The molecule has 0 N–H and O–H groups in total. The summed E-state index contributed by atoms with van der Waals surface area (Å²) in [6, 6.07) is 3.78. The highest BCUT2D eigenvalue weighted by molar-refractivity contribution is 5.76. The molecule has 0 aliphatic carbocycles. The van der Waals surface area contributed by atoms with Crippen molar-refractivity contribution in [1.29, 1.82) is 0 Å². The smallest absolute Gasteiger partial charge is 0.223 e. The maximum absolute atomic E-state index is 12.0. The zero-order valence-corrected chi connectivity index (χ0v) is 12.9. The van der Waals surface area contributed by atoms with E-state index in [1.54, 1.807) is 17.1 Å². The van der Waals surface area contributed by atoms with E-state index in [4.69, 9.17) is 0 Å². The summed E-state index contributed by atoms with van der Waals surface area (Å²) in [6.45, 7) is 6.59. The Hall–Kier alpha value is -2.77. The molecule has 120 valence electrons. The highest BCUT2D eigenvalue weighted by Crippen LogP contribution is 2.14. The number of carbonyl (C=O) groups is 1. The number of anilines is 1. The minimum Gasteiger partial charge on any atom is -0.352 e. The molecule has 1 aliphatic rings. The second-order valence-electron chi connectivity index (χ2n) is 5.28. The van der Waals surface area contributed by atoms with Crippen LogP contribution in [-0.4, -0.2) is 61.9 Å². The summed E-state index contributed by atoms with van der Waals surface area (Å²) in [7, 11) is 0. The summed E-state index contributed by atoms with van der Waals surface area (Å²) in [5, 5.41) is 12.4. The molecule has 0 bridgehead atoms. The van der Waals surface area contributed by atoms with E-state index in [2.05, 4.69) is 31.8 Å². The van der Waals surface area contributed by atoms with E-state index >= 15 is 0 Å². The SMILES string of the molecule is C=CCCC(=O)N1CCN(c2ccc(-n3cncn3)nn2)CC1. The van der Waals surface area contributed by atoms with Crippen molar-refractivity contribution in [1.82, 2.24) is 29.9 Å². The van der Waals surface area contributed by atoms with E-state index in [0.29, 0.717) is 25.3 Å². The van der Waals surface area contributed by atoms with Crippen LogP contribution in [0.1, 0.15) is 12.8 Å². The Kier molecular flexibility index (Phi) is 4.60. The molecule has 0 aromatic carbocycles. The lowest BCUT2D eigenvalue weighted by Crippen LogP contribution is -2.49. The summed E-state index contributed by atoms with van der Waals surface area (Å²) in [5.41, 5.74) is 0. The molecule has 1 saturated heterocycles. The molecule has 1 fully saturated rings. The maximum atomic E-state index is 12.0. The number of carbonyl (C=O) groups excluding carboxylic acids is 1. The van der Waals surface area contributed by atoms with Gasteiger partial charge in [0.2, 0.25) is 5.91 Å². The Bertz CT molecular complexity index is 645. The first kappa shape index (κ1) is 15.1. The van der Waals surface area contributed by atoms with Crippen LogP contribution in [0.3, 0.4) is 0 Å². The van der Waals surface area contributed by atoms with Gasteiger partial charge in [-0.25, -0.2) is 9.67 Å². The molecule has 8 nitrogen and oxygen atoms in total. The predicted molar refractivity (Wildman–Crippen MR) is 85.2 cm³/mol. The van der Waals surface area contributed by atoms with Crippen molar-refractivity contribution in [2.75, 3.05) is 31.1 Å². The van der Waals surface area contributed by atoms with Gasteiger partial charge in [-0.15, -0.1) is 16.8 Å². The number of allylic oxidation sites excluding steroid dienone is 1. The van der Waals surface area contributed by atoms with Gasteiger partial charge in [0.05, 0.1) is 0 Å². The Morgan fingerprint density at radius 2 is 1.91 bits per heavy atom. The number of piperazine rings is 1. The van der Waals surface area contributed by atoms with Gasteiger partial charge in [-0.3, -0.25) is 4.79 Å². The van der Waals surface area contributed by atoms with E-state index in [0.717, 1.165) is 25.3 Å². The van der Waals surface area contributed by atoms with Crippen LogP contribution in [0.2, 0.25) is 0 Å². The van der Waals surface area contributed by atoms with E-state index in [9.17, 15) is 4.79 Å². The lowest BCUT2D eigenvalue weighted by atomic mass is 10.2. The number of hydrogen-bond acceptors (Lipinski definition) is 6. The van der Waals surface area contributed by atoms with E-state index < -0.39 is 0 Å². The lowest BCUT2D eigenvalue weighted by molar-refractivity contribution is -0.131. The average molecular weight is 313 g/mol. The van der Waals surface area contributed by atoms with Crippen LogP contribution in [0, 0.1) is 0 Å². The standard InChI is InChI=1S/C15H19N7O/c1-2-3-4-15(23)21-9-7-20(8-10-21)13-5-6-14(19-18-13)22-12-16-11-17-22/h2,5-6,11-12H,1,3-4,7-10H2. The summed E-state index contributed by atoms with van der Waals surface area (Å²) < 4.78 is 1.56. The van der Waals surface area contributed by atoms with E-state index in [-0.39, 0.29) is 5.91 Å². The number of nitrogens with zero attached hydrogens (tertiary/aromatic N) is 7. The summed E-state index contributed by atoms with van der Waals surface area (Å²) >= 11 is 0. The number of aromatic nitrogens is 5. The fourth-order valence-electron chi connectivity index (χ4n) is 2.50. The van der Waals surface area contributed by atoms with Gasteiger partial charge in [-0.1, -0.05) is 6.08 Å². The third kappa shape index (κ3) is 3.53. The molecule has 8 heteroatoms. The maximum Gasteiger partial charge on any atom is 0.223 e. The van der Waals surface area contributed by atoms with Gasteiger partial charge >= 0.3 is 0 Å². The van der Waals surface area contributed by atoms with Gasteiger partial charge in [-0.05, 0) is 18.6 Å². The Balaban J connectivity index is 1.57. The predicted octanol–water partition coefficient (Wildman–Crippen LogP) is 0.672. The van der Waals surface area contributed by atoms with E-state index in [1.165, 1.54) is 6.33 Å². The zero-order chi connectivity index (χ0) is 16.1. The minimum absolute atomic E-state index is 0.192. The minimum atomic E-state index is 0.192. The van der Waals surface area contributed by atoms with Gasteiger partial charge in [0, 0.05) is 32.6 Å². The van der Waals surface area contributed by atoms with Gasteiger partial charge in [-0.2, -0.15) is 5.10 Å². The van der Waals surface area contributed by atoms with Crippen LogP contribution in [0.4, 0.5) is 5.82 Å². The third-order valence-corrected chi connectivity index (χ3v) is 3.81. The highest BCUT2D eigenvalue weighted by atomic mass is 16.2. The normalized spacial score (nSPS) is 14.8. The van der Waals surface area contributed by atoms with Crippen LogP contribution < -0.4 is 4.90 Å². The van der Waals surface area contributed by atoms with Crippen molar-refractivity contribution < 1.29 is 4.79 Å². The molecule has 23 heavy (non-hydrogen) atoms. The molecule has 1 amide bonds. The van der Waals surface area contributed by atoms with Crippen molar-refractivity contribution in [3.8, 4) is 5.82 Å². The number of rotatable bonds is 5. The molecule has 3 rings (SSSR count). The molecule has 0 saturated carbocycles. The lowest BCUT2D eigenvalue weighted by Gasteiger charge is -2.35. The van der Waals surface area contributed by atoms with Crippen molar-refractivity contribution in [2.24, 2.45) is 0 Å². The van der Waals surface area contributed by atoms with Gasteiger partial charge in [0.1, 0.15) is 12.7 Å². The Labute approximate surface area is 134 Å². The molecule has 0 unspecified atom stereocenters. The molecule has 0 atom stereocenters. The molecule has 0 spiro atoms. The van der Waals surface area contributed by atoms with Crippen molar-refractivity contribution >= 4 is 11.7 Å². The molecule has 0 radical (unpaired) electrons. The average Bonchev–Trinajstić information content (AvgIpc) is 3.14. The topological polar surface area (TPSA) is 80.0 Å². The van der Waals surface area contributed by atoms with Crippen molar-refractivity contribution in [2.45, 2.75) is 12.8 Å². The van der Waals surface area contributed by atoms with Crippen LogP contribution in [0.5, 0.6) is 0 Å².